The number of Topliss-reactive ketones (excluding diaryl/α,β-unsaturated/α-hetero) is 1. The fourth-order valence-corrected chi connectivity index (χ4v) is 3.84. The summed E-state index contributed by atoms with van der Waals surface area (Å²) in [5, 5.41) is 11.5. The van der Waals surface area contributed by atoms with E-state index in [9.17, 15) is 19.2 Å². The van der Waals surface area contributed by atoms with Gasteiger partial charge in [0.15, 0.2) is 11.5 Å². The van der Waals surface area contributed by atoms with Gasteiger partial charge in [0, 0.05) is 18.3 Å². The van der Waals surface area contributed by atoms with Crippen LogP contribution in [0.3, 0.4) is 0 Å². The summed E-state index contributed by atoms with van der Waals surface area (Å²) in [7, 11) is 0. The summed E-state index contributed by atoms with van der Waals surface area (Å²) >= 11 is 0. The zero-order chi connectivity index (χ0) is 33.8. The molecule has 1 aromatic carbocycles. The molecule has 0 radical (unpaired) electrons. The standard InChI is InChI=1S/C15H18N2O2.C12H20N2O4.C7H11N/c1-11(8-9-13-6-4-3-5-7-13)16-15(18)14-10-12(2)19-17-14;1-8(2)4-9(11(17)12(3)6-18-12)14-10(16)5-13-7-15;1-4-7(2)5-6-8-3/h3-7,10-11H,8-9H2,1-2H3,(H,16,18);7-9H,4-6H2,1-3H3,(H,13,15)(H,14,16);4-6H,3H2,1-2H3/b;;6-5-,7-4-. The van der Waals surface area contributed by atoms with Crippen molar-refractivity contribution in [2.45, 2.75) is 85.4 Å². The fraction of sp³-hybridized carbons (Fsp3) is 0.471. The maximum Gasteiger partial charge on any atom is 0.273 e. The summed E-state index contributed by atoms with van der Waals surface area (Å²) in [6.07, 6.45) is 8.45. The zero-order valence-electron chi connectivity index (χ0n) is 27.6. The molecule has 1 saturated heterocycles. The number of aliphatic imine (C=N–C) groups is 1. The normalized spacial score (nSPS) is 16.7. The highest BCUT2D eigenvalue weighted by molar-refractivity contribution is 5.96. The van der Waals surface area contributed by atoms with Gasteiger partial charge < -0.3 is 25.2 Å². The van der Waals surface area contributed by atoms with Crippen molar-refractivity contribution in [1.82, 2.24) is 21.1 Å². The lowest BCUT2D eigenvalue weighted by atomic mass is 9.93. The molecule has 45 heavy (non-hydrogen) atoms. The SMILES string of the molecule is C=N/C=C\C(C)=C/C.CC(C)CC(NC(=O)CNC=O)C(=O)C1(C)CO1.Cc1cc(C(=O)NC(C)CCc2ccccc2)no1. The van der Waals surface area contributed by atoms with E-state index in [4.69, 9.17) is 9.26 Å². The number of ether oxygens (including phenoxy) is 1. The van der Waals surface area contributed by atoms with Gasteiger partial charge in [-0.3, -0.25) is 24.2 Å². The van der Waals surface area contributed by atoms with Crippen molar-refractivity contribution in [3.05, 3.63) is 77.3 Å². The molecule has 0 bridgehead atoms. The second-order valence-corrected chi connectivity index (χ2v) is 11.4. The number of allylic oxidation sites excluding steroid dienone is 3. The van der Waals surface area contributed by atoms with E-state index in [1.54, 1.807) is 26.1 Å². The molecule has 3 rings (SSSR count). The number of hydrogen-bond donors (Lipinski definition) is 3. The predicted molar refractivity (Wildman–Crippen MR) is 176 cm³/mol. The van der Waals surface area contributed by atoms with Gasteiger partial charge in [0.25, 0.3) is 5.91 Å². The molecule has 2 aromatic rings. The second-order valence-electron chi connectivity index (χ2n) is 11.4. The number of epoxide rings is 1. The van der Waals surface area contributed by atoms with Gasteiger partial charge in [-0.15, -0.1) is 0 Å². The Balaban J connectivity index is 0.000000366. The van der Waals surface area contributed by atoms with Gasteiger partial charge in [0.1, 0.15) is 11.4 Å². The second kappa shape index (κ2) is 20.6. The van der Waals surface area contributed by atoms with Crippen molar-refractivity contribution in [3.8, 4) is 0 Å². The number of carbonyl (C=O) groups excluding carboxylic acids is 4. The summed E-state index contributed by atoms with van der Waals surface area (Å²) in [5.41, 5.74) is 2.08. The van der Waals surface area contributed by atoms with Gasteiger partial charge in [0.2, 0.25) is 12.3 Å². The molecule has 1 fully saturated rings. The Labute approximate surface area is 267 Å². The highest BCUT2D eigenvalue weighted by Crippen LogP contribution is 2.29. The Morgan fingerprint density at radius 3 is 2.33 bits per heavy atom. The Bertz CT molecular complexity index is 1280. The Morgan fingerprint density at radius 1 is 1.16 bits per heavy atom. The van der Waals surface area contributed by atoms with Crippen molar-refractivity contribution in [3.63, 3.8) is 0 Å². The van der Waals surface area contributed by atoms with E-state index in [-0.39, 0.29) is 36.1 Å². The van der Waals surface area contributed by atoms with Crippen LogP contribution in [0.4, 0.5) is 0 Å². The zero-order valence-corrected chi connectivity index (χ0v) is 27.6. The number of nitrogens with zero attached hydrogens (tertiary/aromatic N) is 2. The van der Waals surface area contributed by atoms with E-state index in [0.29, 0.717) is 30.9 Å². The predicted octanol–water partition coefficient (Wildman–Crippen LogP) is 4.52. The molecule has 3 amide bonds. The molecule has 1 aliphatic rings. The molecular weight excluding hydrogens is 574 g/mol. The monoisotopic (exact) mass is 623 g/mol. The minimum atomic E-state index is -0.745. The van der Waals surface area contributed by atoms with Crippen LogP contribution in [0.1, 0.15) is 76.2 Å². The first-order chi connectivity index (χ1) is 21.3. The van der Waals surface area contributed by atoms with Crippen LogP contribution in [0.25, 0.3) is 0 Å². The summed E-state index contributed by atoms with van der Waals surface area (Å²) in [5.74, 6) is 0.265. The van der Waals surface area contributed by atoms with Crippen LogP contribution in [0.2, 0.25) is 0 Å². The summed E-state index contributed by atoms with van der Waals surface area (Å²) in [4.78, 5) is 49.2. The Kier molecular flexibility index (Phi) is 17.7. The summed E-state index contributed by atoms with van der Waals surface area (Å²) in [6, 6.07) is 11.4. The van der Waals surface area contributed by atoms with E-state index in [1.165, 1.54) is 11.1 Å². The summed E-state index contributed by atoms with van der Waals surface area (Å²) in [6.45, 7) is 17.0. The number of aromatic nitrogens is 1. The van der Waals surface area contributed by atoms with Gasteiger partial charge in [-0.25, -0.2) is 0 Å². The average Bonchev–Trinajstić information content (AvgIpc) is 3.62. The van der Waals surface area contributed by atoms with Crippen LogP contribution < -0.4 is 16.0 Å². The molecule has 3 atom stereocenters. The minimum absolute atomic E-state index is 0.101. The van der Waals surface area contributed by atoms with Crippen molar-refractivity contribution in [2.24, 2.45) is 10.9 Å². The van der Waals surface area contributed by atoms with Crippen LogP contribution in [0.5, 0.6) is 0 Å². The van der Waals surface area contributed by atoms with Gasteiger partial charge in [0.05, 0.1) is 19.2 Å². The van der Waals surface area contributed by atoms with E-state index in [0.717, 1.165) is 12.8 Å². The number of aryl methyl sites for hydroxylation is 2. The highest BCUT2D eigenvalue weighted by atomic mass is 16.6. The molecule has 11 heteroatoms. The van der Waals surface area contributed by atoms with Gasteiger partial charge >= 0.3 is 0 Å². The molecule has 0 spiro atoms. The Hall–Kier alpha value is -4.38. The maximum absolute atomic E-state index is 12.1. The molecule has 2 heterocycles. The molecule has 3 N–H and O–H groups in total. The molecule has 1 aliphatic heterocycles. The van der Waals surface area contributed by atoms with Gasteiger partial charge in [-0.2, -0.15) is 0 Å². The largest absolute Gasteiger partial charge is 0.361 e. The Morgan fingerprint density at radius 2 is 1.82 bits per heavy atom. The lowest BCUT2D eigenvalue weighted by Gasteiger charge is -2.21. The van der Waals surface area contributed by atoms with Crippen LogP contribution in [-0.4, -0.2) is 66.7 Å². The lowest BCUT2D eigenvalue weighted by Crippen LogP contribution is -2.48. The quantitative estimate of drug-likeness (QED) is 0.114. The van der Waals surface area contributed by atoms with E-state index in [1.807, 2.05) is 65.0 Å². The molecule has 0 saturated carbocycles. The first kappa shape index (κ1) is 38.6. The topological polar surface area (TPSA) is 155 Å². The van der Waals surface area contributed by atoms with Crippen LogP contribution >= 0.6 is 0 Å². The third-order valence-corrected chi connectivity index (χ3v) is 6.65. The first-order valence-electron chi connectivity index (χ1n) is 15.0. The van der Waals surface area contributed by atoms with E-state index < -0.39 is 11.6 Å². The third kappa shape index (κ3) is 16.3. The van der Waals surface area contributed by atoms with Crippen molar-refractivity contribution in [1.29, 1.82) is 0 Å². The smallest absolute Gasteiger partial charge is 0.273 e. The van der Waals surface area contributed by atoms with Crippen LogP contribution in [0.15, 0.2) is 69.8 Å². The van der Waals surface area contributed by atoms with Crippen LogP contribution in [-0.2, 0) is 25.5 Å². The number of carbonyl (C=O) groups is 4. The van der Waals surface area contributed by atoms with Crippen molar-refractivity contribution in [2.75, 3.05) is 13.2 Å². The van der Waals surface area contributed by atoms with E-state index in [2.05, 4.69) is 44.9 Å². The highest BCUT2D eigenvalue weighted by Gasteiger charge is 2.50. The summed E-state index contributed by atoms with van der Waals surface area (Å²) < 4.78 is 10.00. The number of hydrogen-bond acceptors (Lipinski definition) is 8. The van der Waals surface area contributed by atoms with Gasteiger partial charge in [-0.1, -0.05) is 61.0 Å². The fourth-order valence-electron chi connectivity index (χ4n) is 3.84. The minimum Gasteiger partial charge on any atom is -0.361 e. The number of nitrogens with one attached hydrogen (secondary N) is 3. The van der Waals surface area contributed by atoms with Gasteiger partial charge in [-0.05, 0) is 78.2 Å². The molecule has 11 nitrogen and oxygen atoms in total. The number of benzene rings is 1. The maximum atomic E-state index is 12.1. The number of amides is 3. The molecule has 0 aliphatic carbocycles. The van der Waals surface area contributed by atoms with Crippen molar-refractivity contribution >= 4 is 30.7 Å². The number of rotatable bonds is 15. The molecule has 1 aromatic heterocycles. The van der Waals surface area contributed by atoms with Crippen molar-refractivity contribution < 1.29 is 28.4 Å². The van der Waals surface area contributed by atoms with E-state index >= 15 is 0 Å². The lowest BCUT2D eigenvalue weighted by molar-refractivity contribution is -0.130. The first-order valence-corrected chi connectivity index (χ1v) is 15.0. The molecule has 3 unspecified atom stereocenters. The number of ketones is 1. The third-order valence-electron chi connectivity index (χ3n) is 6.65. The molecular formula is C34H49N5O6. The molecule has 246 valence electrons. The average molecular weight is 624 g/mol. The van der Waals surface area contributed by atoms with Crippen LogP contribution in [0, 0.1) is 12.8 Å².